The predicted octanol–water partition coefficient (Wildman–Crippen LogP) is 1.49. The van der Waals surface area contributed by atoms with Crippen LogP contribution in [0.1, 0.15) is 26.7 Å². The Morgan fingerprint density at radius 1 is 1.50 bits per heavy atom. The molecule has 0 aliphatic carbocycles. The maximum Gasteiger partial charge on any atom is 0.130 e. The molecule has 0 radical (unpaired) electrons. The molecular weight excluding hydrogens is 152 g/mol. The van der Waals surface area contributed by atoms with E-state index in [0.717, 1.165) is 32.5 Å². The fourth-order valence-corrected chi connectivity index (χ4v) is 1.48. The lowest BCUT2D eigenvalue weighted by Gasteiger charge is -2.29. The van der Waals surface area contributed by atoms with Crippen LogP contribution in [0.25, 0.3) is 0 Å². The van der Waals surface area contributed by atoms with Crippen LogP contribution < -0.4 is 0 Å². The van der Waals surface area contributed by atoms with E-state index in [-0.39, 0.29) is 0 Å². The average Bonchev–Trinajstić information content (AvgIpc) is 2.15. The molecule has 0 bridgehead atoms. The molecule has 0 aromatic rings. The van der Waals surface area contributed by atoms with Crippen molar-refractivity contribution in [1.82, 2.24) is 4.90 Å². The van der Waals surface area contributed by atoms with Gasteiger partial charge in [0.25, 0.3) is 0 Å². The molecule has 0 aromatic carbocycles. The quantitative estimate of drug-likeness (QED) is 0.473. The molecule has 1 heterocycles. The molecule has 12 heavy (non-hydrogen) atoms. The summed E-state index contributed by atoms with van der Waals surface area (Å²) >= 11 is 0. The summed E-state index contributed by atoms with van der Waals surface area (Å²) in [5, 5.41) is 3.80. The molecule has 1 aliphatic heterocycles. The van der Waals surface area contributed by atoms with Gasteiger partial charge in [0.15, 0.2) is 0 Å². The third-order valence-corrected chi connectivity index (χ3v) is 2.30. The molecule has 1 rings (SSSR count). The number of rotatable bonds is 3. The molecule has 0 amide bonds. The van der Waals surface area contributed by atoms with Crippen LogP contribution in [0, 0.1) is 0 Å². The number of oxime groups is 1. The van der Waals surface area contributed by atoms with E-state index in [9.17, 15) is 0 Å². The van der Waals surface area contributed by atoms with Crippen LogP contribution in [-0.2, 0) is 4.84 Å². The largest absolute Gasteiger partial charge is 0.393 e. The minimum Gasteiger partial charge on any atom is -0.393 e. The molecule has 3 heteroatoms. The van der Waals surface area contributed by atoms with Crippen molar-refractivity contribution in [3.63, 3.8) is 0 Å². The molecule has 70 valence electrons. The number of piperidine rings is 1. The van der Waals surface area contributed by atoms with E-state index in [1.807, 2.05) is 6.92 Å². The van der Waals surface area contributed by atoms with E-state index < -0.39 is 0 Å². The molecule has 1 aliphatic rings. The number of hydrogen-bond acceptors (Lipinski definition) is 3. The van der Waals surface area contributed by atoms with Gasteiger partial charge in [-0.05, 0) is 26.3 Å². The highest BCUT2D eigenvalue weighted by Gasteiger charge is 2.18. The van der Waals surface area contributed by atoms with Gasteiger partial charge >= 0.3 is 0 Å². The van der Waals surface area contributed by atoms with Crippen molar-refractivity contribution >= 4 is 6.21 Å². The molecule has 0 atom stereocenters. The van der Waals surface area contributed by atoms with Crippen molar-refractivity contribution in [2.24, 2.45) is 5.16 Å². The van der Waals surface area contributed by atoms with Crippen molar-refractivity contribution in [3.8, 4) is 0 Å². The molecule has 1 fully saturated rings. The van der Waals surface area contributed by atoms with E-state index in [0.29, 0.717) is 6.10 Å². The Morgan fingerprint density at radius 3 is 2.67 bits per heavy atom. The first-order chi connectivity index (χ1) is 5.86. The summed E-state index contributed by atoms with van der Waals surface area (Å²) in [5.74, 6) is 0. The normalized spacial score (nSPS) is 21.8. The van der Waals surface area contributed by atoms with E-state index in [4.69, 9.17) is 4.84 Å². The van der Waals surface area contributed by atoms with Crippen LogP contribution in [0.2, 0.25) is 0 Å². The number of hydrogen-bond donors (Lipinski definition) is 0. The van der Waals surface area contributed by atoms with E-state index in [1.165, 1.54) is 0 Å². The molecule has 1 saturated heterocycles. The Morgan fingerprint density at radius 2 is 2.17 bits per heavy atom. The standard InChI is InChI=1S/C9H18N2O/c1-3-10-12-9-5-7-11(4-2)8-6-9/h3,9H,4-8H2,1-2H3/b10-3-. The molecule has 0 spiro atoms. The maximum atomic E-state index is 5.27. The van der Waals surface area contributed by atoms with Gasteiger partial charge in [-0.3, -0.25) is 0 Å². The van der Waals surface area contributed by atoms with E-state index in [2.05, 4.69) is 17.0 Å². The van der Waals surface area contributed by atoms with Crippen LogP contribution in [-0.4, -0.2) is 36.9 Å². The van der Waals surface area contributed by atoms with Gasteiger partial charge in [-0.1, -0.05) is 12.1 Å². The minimum atomic E-state index is 0.351. The first-order valence-electron chi connectivity index (χ1n) is 4.73. The smallest absolute Gasteiger partial charge is 0.130 e. The lowest BCUT2D eigenvalue weighted by Crippen LogP contribution is -2.36. The second kappa shape index (κ2) is 5.14. The van der Waals surface area contributed by atoms with Gasteiger partial charge in [0.05, 0.1) is 0 Å². The number of nitrogens with zero attached hydrogens (tertiary/aromatic N) is 2. The van der Waals surface area contributed by atoms with Crippen molar-refractivity contribution in [3.05, 3.63) is 0 Å². The van der Waals surface area contributed by atoms with Crippen molar-refractivity contribution in [2.75, 3.05) is 19.6 Å². The SMILES string of the molecule is C/C=N\OC1CCN(CC)CC1. The van der Waals surface area contributed by atoms with Crippen molar-refractivity contribution in [1.29, 1.82) is 0 Å². The molecule has 0 unspecified atom stereocenters. The average molecular weight is 170 g/mol. The zero-order valence-electron chi connectivity index (χ0n) is 7.99. The highest BCUT2D eigenvalue weighted by atomic mass is 16.6. The Labute approximate surface area is 74.4 Å². The fourth-order valence-electron chi connectivity index (χ4n) is 1.48. The highest BCUT2D eigenvalue weighted by molar-refractivity contribution is 5.52. The zero-order chi connectivity index (χ0) is 8.81. The summed E-state index contributed by atoms with van der Waals surface area (Å²) < 4.78 is 0. The first-order valence-corrected chi connectivity index (χ1v) is 4.73. The highest BCUT2D eigenvalue weighted by Crippen LogP contribution is 2.12. The van der Waals surface area contributed by atoms with Crippen LogP contribution in [0.4, 0.5) is 0 Å². The van der Waals surface area contributed by atoms with Crippen LogP contribution >= 0.6 is 0 Å². The van der Waals surface area contributed by atoms with Gasteiger partial charge in [-0.2, -0.15) is 0 Å². The Kier molecular flexibility index (Phi) is 4.08. The third kappa shape index (κ3) is 2.81. The summed E-state index contributed by atoms with van der Waals surface area (Å²) in [7, 11) is 0. The Hall–Kier alpha value is -0.570. The van der Waals surface area contributed by atoms with Gasteiger partial charge in [-0.15, -0.1) is 0 Å². The monoisotopic (exact) mass is 170 g/mol. The van der Waals surface area contributed by atoms with E-state index in [1.54, 1.807) is 6.21 Å². The summed E-state index contributed by atoms with van der Waals surface area (Å²) in [4.78, 5) is 7.71. The molecule has 0 saturated carbocycles. The van der Waals surface area contributed by atoms with Gasteiger partial charge in [0.2, 0.25) is 0 Å². The Balaban J connectivity index is 2.17. The fraction of sp³-hybridized carbons (Fsp3) is 0.889. The third-order valence-electron chi connectivity index (χ3n) is 2.30. The lowest BCUT2D eigenvalue weighted by molar-refractivity contribution is 0.0127. The van der Waals surface area contributed by atoms with Crippen LogP contribution in [0.3, 0.4) is 0 Å². The Bertz CT molecular complexity index is 139. The van der Waals surface area contributed by atoms with E-state index >= 15 is 0 Å². The number of likely N-dealkylation sites (tertiary alicyclic amines) is 1. The van der Waals surface area contributed by atoms with Gasteiger partial charge in [0, 0.05) is 19.3 Å². The van der Waals surface area contributed by atoms with Gasteiger partial charge in [-0.25, -0.2) is 0 Å². The van der Waals surface area contributed by atoms with Crippen molar-refractivity contribution in [2.45, 2.75) is 32.8 Å². The van der Waals surface area contributed by atoms with Gasteiger partial charge in [0.1, 0.15) is 6.10 Å². The second-order valence-corrected chi connectivity index (χ2v) is 3.10. The summed E-state index contributed by atoms with van der Waals surface area (Å²) in [6.07, 6.45) is 4.28. The molecule has 3 nitrogen and oxygen atoms in total. The molecule has 0 N–H and O–H groups in total. The summed E-state index contributed by atoms with van der Waals surface area (Å²) in [5.41, 5.74) is 0. The first kappa shape index (κ1) is 9.52. The minimum absolute atomic E-state index is 0.351. The maximum absolute atomic E-state index is 5.27. The summed E-state index contributed by atoms with van der Waals surface area (Å²) in [6.45, 7) is 7.54. The lowest BCUT2D eigenvalue weighted by atomic mass is 10.1. The second-order valence-electron chi connectivity index (χ2n) is 3.10. The zero-order valence-corrected chi connectivity index (χ0v) is 7.99. The topological polar surface area (TPSA) is 24.8 Å². The van der Waals surface area contributed by atoms with Crippen LogP contribution in [0.5, 0.6) is 0 Å². The summed E-state index contributed by atoms with van der Waals surface area (Å²) in [6, 6.07) is 0. The predicted molar refractivity (Wildman–Crippen MR) is 50.4 cm³/mol. The molecule has 0 aromatic heterocycles. The molecular formula is C9H18N2O. The van der Waals surface area contributed by atoms with Crippen LogP contribution in [0.15, 0.2) is 5.16 Å². The van der Waals surface area contributed by atoms with Crippen molar-refractivity contribution < 1.29 is 4.84 Å². The van der Waals surface area contributed by atoms with Gasteiger partial charge < -0.3 is 9.74 Å².